The van der Waals surface area contributed by atoms with Gasteiger partial charge in [0.2, 0.25) is 0 Å². The maximum Gasteiger partial charge on any atom is 0.338 e. The second kappa shape index (κ2) is 10.7. The van der Waals surface area contributed by atoms with E-state index in [1.807, 2.05) is 37.3 Å². The maximum atomic E-state index is 12.2. The van der Waals surface area contributed by atoms with E-state index in [0.717, 1.165) is 37.3 Å². The van der Waals surface area contributed by atoms with Crippen LogP contribution in [-0.2, 0) is 20.7 Å². The van der Waals surface area contributed by atoms with Crippen LogP contribution in [0.5, 0.6) is 0 Å². The summed E-state index contributed by atoms with van der Waals surface area (Å²) in [5, 5.41) is 13.8. The predicted molar refractivity (Wildman–Crippen MR) is 107 cm³/mol. The Kier molecular flexibility index (Phi) is 8.04. The molecule has 1 atom stereocenters. The molecule has 0 saturated heterocycles. The molecule has 9 nitrogen and oxygen atoms in total. The third-order valence-corrected chi connectivity index (χ3v) is 4.24. The fourth-order valence-electron chi connectivity index (χ4n) is 2.70. The third-order valence-electron chi connectivity index (χ3n) is 4.24. The van der Waals surface area contributed by atoms with Crippen molar-refractivity contribution in [3.63, 3.8) is 0 Å². The Labute approximate surface area is 173 Å². The van der Waals surface area contributed by atoms with Crippen molar-refractivity contribution in [2.45, 2.75) is 25.8 Å². The molecule has 0 heterocycles. The molecule has 0 aliphatic heterocycles. The second-order valence-electron chi connectivity index (χ2n) is 6.59. The summed E-state index contributed by atoms with van der Waals surface area (Å²) in [6, 6.07) is 12.7. The van der Waals surface area contributed by atoms with Crippen molar-refractivity contribution in [2.75, 3.05) is 13.7 Å². The Morgan fingerprint density at radius 2 is 1.70 bits per heavy atom. The molecule has 1 amide bonds. The Morgan fingerprint density at radius 1 is 1.07 bits per heavy atom. The zero-order valence-corrected chi connectivity index (χ0v) is 16.6. The summed E-state index contributed by atoms with van der Waals surface area (Å²) in [6.07, 6.45) is 1.49. The van der Waals surface area contributed by atoms with E-state index in [2.05, 4.69) is 10.1 Å². The van der Waals surface area contributed by atoms with Gasteiger partial charge < -0.3 is 14.8 Å². The van der Waals surface area contributed by atoms with Gasteiger partial charge >= 0.3 is 11.9 Å². The Bertz CT molecular complexity index is 928. The van der Waals surface area contributed by atoms with Crippen LogP contribution in [0.4, 0.5) is 5.69 Å². The van der Waals surface area contributed by atoms with Crippen molar-refractivity contribution in [2.24, 2.45) is 0 Å². The number of nitrogens with zero attached hydrogens (tertiary/aromatic N) is 1. The number of amides is 1. The fraction of sp³-hybridized carbons (Fsp3) is 0.286. The average Bonchev–Trinajstić information content (AvgIpc) is 2.75. The van der Waals surface area contributed by atoms with Crippen LogP contribution in [0.25, 0.3) is 0 Å². The number of rotatable bonds is 9. The minimum Gasteiger partial charge on any atom is -0.465 e. The van der Waals surface area contributed by atoms with Gasteiger partial charge in [0.1, 0.15) is 0 Å². The van der Waals surface area contributed by atoms with Crippen LogP contribution < -0.4 is 5.32 Å². The quantitative estimate of drug-likeness (QED) is 0.380. The number of carbonyl (C=O) groups is 3. The number of nitro benzene ring substituents is 1. The number of carbonyl (C=O) groups excluding carboxylic acids is 3. The molecule has 9 heteroatoms. The van der Waals surface area contributed by atoms with E-state index in [4.69, 9.17) is 4.74 Å². The first-order chi connectivity index (χ1) is 14.3. The van der Waals surface area contributed by atoms with Gasteiger partial charge in [-0.15, -0.1) is 0 Å². The van der Waals surface area contributed by atoms with E-state index in [0.29, 0.717) is 6.42 Å². The first kappa shape index (κ1) is 22.5. The maximum absolute atomic E-state index is 12.2. The molecular formula is C21H22N2O7. The highest BCUT2D eigenvalue weighted by Gasteiger charge is 2.20. The molecule has 30 heavy (non-hydrogen) atoms. The molecule has 2 rings (SSSR count). The van der Waals surface area contributed by atoms with Crippen molar-refractivity contribution in [3.8, 4) is 0 Å². The fourth-order valence-corrected chi connectivity index (χ4v) is 2.70. The highest BCUT2D eigenvalue weighted by molar-refractivity contribution is 5.97. The van der Waals surface area contributed by atoms with E-state index in [9.17, 15) is 24.5 Å². The van der Waals surface area contributed by atoms with E-state index < -0.39 is 35.1 Å². The van der Waals surface area contributed by atoms with Crippen LogP contribution in [0.1, 0.15) is 39.6 Å². The minimum atomic E-state index is -0.962. The number of esters is 2. The predicted octanol–water partition coefficient (Wildman–Crippen LogP) is 2.68. The summed E-state index contributed by atoms with van der Waals surface area (Å²) in [7, 11) is 1.11. The lowest BCUT2D eigenvalue weighted by Crippen LogP contribution is -2.36. The summed E-state index contributed by atoms with van der Waals surface area (Å²) >= 11 is 0. The lowest BCUT2D eigenvalue weighted by atomic mass is 10.1. The largest absolute Gasteiger partial charge is 0.465 e. The van der Waals surface area contributed by atoms with E-state index in [-0.39, 0.29) is 17.2 Å². The van der Waals surface area contributed by atoms with E-state index in [1.54, 1.807) is 0 Å². The summed E-state index contributed by atoms with van der Waals surface area (Å²) in [6.45, 7) is 1.29. The number of non-ortho nitro benzene ring substituents is 1. The summed E-state index contributed by atoms with van der Waals surface area (Å²) < 4.78 is 9.46. The SMILES string of the molecule is COC(=O)c1cc(C(=O)OCC(=O)N[C@H](C)CCc2ccccc2)cc([N+](=O)[O-])c1. The highest BCUT2D eigenvalue weighted by Crippen LogP contribution is 2.19. The smallest absolute Gasteiger partial charge is 0.338 e. The standard InChI is InChI=1S/C21H22N2O7/c1-14(8-9-15-6-4-3-5-7-15)22-19(24)13-30-21(26)17-10-16(20(25)29-2)11-18(12-17)23(27)28/h3-7,10-12,14H,8-9,13H2,1-2H3,(H,22,24)/t14-/m1/s1. The van der Waals surface area contributed by atoms with Crippen LogP contribution in [0, 0.1) is 10.1 Å². The van der Waals surface area contributed by atoms with Gasteiger partial charge in [0.15, 0.2) is 6.61 Å². The molecule has 0 radical (unpaired) electrons. The van der Waals surface area contributed by atoms with Crippen LogP contribution >= 0.6 is 0 Å². The first-order valence-corrected chi connectivity index (χ1v) is 9.18. The van der Waals surface area contributed by atoms with Gasteiger partial charge in [-0.3, -0.25) is 14.9 Å². The first-order valence-electron chi connectivity index (χ1n) is 9.18. The van der Waals surface area contributed by atoms with Gasteiger partial charge in [-0.2, -0.15) is 0 Å². The zero-order valence-electron chi connectivity index (χ0n) is 16.6. The number of hydrogen-bond donors (Lipinski definition) is 1. The molecule has 2 aromatic rings. The molecule has 0 unspecified atom stereocenters. The number of ether oxygens (including phenoxy) is 2. The Balaban J connectivity index is 1.91. The number of nitro groups is 1. The van der Waals surface area contributed by atoms with Gasteiger partial charge in [0.05, 0.1) is 23.2 Å². The average molecular weight is 414 g/mol. The second-order valence-corrected chi connectivity index (χ2v) is 6.59. The van der Waals surface area contributed by atoms with Gasteiger partial charge in [0.25, 0.3) is 11.6 Å². The van der Waals surface area contributed by atoms with Crippen molar-refractivity contribution in [3.05, 3.63) is 75.3 Å². The molecule has 0 aliphatic rings. The molecule has 0 bridgehead atoms. The number of methoxy groups -OCH3 is 1. The van der Waals surface area contributed by atoms with Crippen molar-refractivity contribution in [1.82, 2.24) is 5.32 Å². The molecule has 0 saturated carbocycles. The van der Waals surface area contributed by atoms with Gasteiger partial charge in [-0.05, 0) is 31.4 Å². The van der Waals surface area contributed by atoms with Crippen LogP contribution in [0.3, 0.4) is 0 Å². The number of aryl methyl sites for hydroxylation is 1. The Hall–Kier alpha value is -3.75. The normalized spacial score (nSPS) is 11.3. The van der Waals surface area contributed by atoms with Crippen molar-refractivity contribution >= 4 is 23.5 Å². The topological polar surface area (TPSA) is 125 Å². The molecule has 0 spiro atoms. The molecule has 2 aromatic carbocycles. The van der Waals surface area contributed by atoms with Crippen molar-refractivity contribution in [1.29, 1.82) is 0 Å². The molecular weight excluding hydrogens is 392 g/mol. The summed E-state index contributed by atoms with van der Waals surface area (Å²) in [4.78, 5) is 46.2. The lowest BCUT2D eigenvalue weighted by Gasteiger charge is -2.14. The van der Waals surface area contributed by atoms with Crippen LogP contribution in [0.2, 0.25) is 0 Å². The molecule has 0 fully saturated rings. The van der Waals surface area contributed by atoms with Crippen LogP contribution in [-0.4, -0.2) is 42.5 Å². The molecule has 0 aliphatic carbocycles. The molecule has 1 N–H and O–H groups in total. The van der Waals surface area contributed by atoms with Gasteiger partial charge in [0, 0.05) is 18.2 Å². The van der Waals surface area contributed by atoms with Gasteiger partial charge in [-0.25, -0.2) is 9.59 Å². The van der Waals surface area contributed by atoms with E-state index in [1.165, 1.54) is 0 Å². The minimum absolute atomic E-state index is 0.139. The van der Waals surface area contributed by atoms with Crippen LogP contribution in [0.15, 0.2) is 48.5 Å². The summed E-state index contributed by atoms with van der Waals surface area (Å²) in [5.74, 6) is -2.30. The number of hydrogen-bond acceptors (Lipinski definition) is 7. The zero-order chi connectivity index (χ0) is 22.1. The third kappa shape index (κ3) is 6.69. The Morgan fingerprint density at radius 3 is 2.30 bits per heavy atom. The number of nitrogens with one attached hydrogen (secondary N) is 1. The lowest BCUT2D eigenvalue weighted by molar-refractivity contribution is -0.384. The molecule has 158 valence electrons. The van der Waals surface area contributed by atoms with E-state index >= 15 is 0 Å². The summed E-state index contributed by atoms with van der Waals surface area (Å²) in [5.41, 5.74) is 0.285. The van der Waals surface area contributed by atoms with Crippen molar-refractivity contribution < 1.29 is 28.8 Å². The monoisotopic (exact) mass is 414 g/mol. The van der Waals surface area contributed by atoms with Gasteiger partial charge in [-0.1, -0.05) is 30.3 Å². The highest BCUT2D eigenvalue weighted by atomic mass is 16.6. The number of benzene rings is 2. The molecule has 0 aromatic heterocycles.